The fourth-order valence-corrected chi connectivity index (χ4v) is 5.63. The van der Waals surface area contributed by atoms with E-state index in [0.717, 1.165) is 44.2 Å². The first-order chi connectivity index (χ1) is 12.9. The lowest BCUT2D eigenvalue weighted by Crippen LogP contribution is -2.49. The van der Waals surface area contributed by atoms with Crippen molar-refractivity contribution in [3.8, 4) is 0 Å². The summed E-state index contributed by atoms with van der Waals surface area (Å²) in [5.41, 5.74) is 6.70. The number of hydrogen-bond donors (Lipinski definition) is 1. The standard InChI is InChI=1S/C20H31N3O3S/c1-16-9-12-23(18(13-16)15-21)20(24)14-17-5-7-19(8-6-17)27(25,26)22-10-3-2-4-11-22/h5-8,16,18H,2-4,9-15,21H2,1H3. The summed E-state index contributed by atoms with van der Waals surface area (Å²) < 4.78 is 27.0. The first-order valence-electron chi connectivity index (χ1n) is 10.0. The highest BCUT2D eigenvalue weighted by molar-refractivity contribution is 7.89. The number of sulfonamides is 1. The minimum Gasteiger partial charge on any atom is -0.338 e. The Labute approximate surface area is 162 Å². The molecule has 0 bridgehead atoms. The molecule has 6 nitrogen and oxygen atoms in total. The van der Waals surface area contributed by atoms with E-state index in [1.54, 1.807) is 28.6 Å². The summed E-state index contributed by atoms with van der Waals surface area (Å²) in [5, 5.41) is 0. The van der Waals surface area contributed by atoms with Gasteiger partial charge in [0.15, 0.2) is 0 Å². The van der Waals surface area contributed by atoms with Crippen molar-refractivity contribution in [3.05, 3.63) is 29.8 Å². The normalized spacial score (nSPS) is 24.7. The molecule has 7 heteroatoms. The van der Waals surface area contributed by atoms with Gasteiger partial charge in [-0.25, -0.2) is 8.42 Å². The fourth-order valence-electron chi connectivity index (χ4n) is 4.11. The van der Waals surface area contributed by atoms with Gasteiger partial charge in [-0.1, -0.05) is 25.5 Å². The van der Waals surface area contributed by atoms with Crippen LogP contribution in [-0.2, 0) is 21.2 Å². The number of likely N-dealkylation sites (tertiary alicyclic amines) is 1. The smallest absolute Gasteiger partial charge is 0.243 e. The first-order valence-corrected chi connectivity index (χ1v) is 11.4. The van der Waals surface area contributed by atoms with Crippen LogP contribution >= 0.6 is 0 Å². The number of amides is 1. The summed E-state index contributed by atoms with van der Waals surface area (Å²) in [4.78, 5) is 14.9. The molecule has 0 saturated carbocycles. The molecule has 2 heterocycles. The third kappa shape index (κ3) is 4.70. The van der Waals surface area contributed by atoms with E-state index < -0.39 is 10.0 Å². The molecule has 3 rings (SSSR count). The van der Waals surface area contributed by atoms with Crippen LogP contribution in [0.4, 0.5) is 0 Å². The maximum atomic E-state index is 12.7. The highest BCUT2D eigenvalue weighted by atomic mass is 32.2. The second-order valence-corrected chi connectivity index (χ2v) is 9.83. The monoisotopic (exact) mass is 393 g/mol. The summed E-state index contributed by atoms with van der Waals surface area (Å²) in [6.07, 6.45) is 5.18. The minimum absolute atomic E-state index is 0.0731. The molecule has 2 saturated heterocycles. The van der Waals surface area contributed by atoms with Gasteiger partial charge in [0.2, 0.25) is 15.9 Å². The fraction of sp³-hybridized carbons (Fsp3) is 0.650. The van der Waals surface area contributed by atoms with Gasteiger partial charge in [-0.3, -0.25) is 4.79 Å². The van der Waals surface area contributed by atoms with E-state index in [1.165, 1.54) is 0 Å². The summed E-state index contributed by atoms with van der Waals surface area (Å²) in [6, 6.07) is 6.90. The number of rotatable bonds is 5. The largest absolute Gasteiger partial charge is 0.338 e. The van der Waals surface area contributed by atoms with Crippen LogP contribution in [0.3, 0.4) is 0 Å². The Balaban J connectivity index is 1.66. The average Bonchev–Trinajstić information content (AvgIpc) is 2.68. The Morgan fingerprint density at radius 2 is 1.78 bits per heavy atom. The van der Waals surface area contributed by atoms with Crippen LogP contribution in [0.5, 0.6) is 0 Å². The van der Waals surface area contributed by atoms with Crippen molar-refractivity contribution in [2.45, 2.75) is 56.4 Å². The minimum atomic E-state index is -3.43. The summed E-state index contributed by atoms with van der Waals surface area (Å²) >= 11 is 0. The molecule has 2 atom stereocenters. The molecule has 27 heavy (non-hydrogen) atoms. The molecule has 150 valence electrons. The van der Waals surface area contributed by atoms with Crippen LogP contribution in [0.15, 0.2) is 29.2 Å². The topological polar surface area (TPSA) is 83.7 Å². The van der Waals surface area contributed by atoms with Gasteiger partial charge in [-0.2, -0.15) is 4.31 Å². The average molecular weight is 394 g/mol. The SMILES string of the molecule is CC1CCN(C(=O)Cc2ccc(S(=O)(=O)N3CCCCC3)cc2)C(CN)C1. The van der Waals surface area contributed by atoms with E-state index in [4.69, 9.17) is 5.73 Å². The summed E-state index contributed by atoms with van der Waals surface area (Å²) in [5.74, 6) is 0.672. The predicted molar refractivity (Wildman–Crippen MR) is 106 cm³/mol. The molecule has 1 aromatic carbocycles. The molecule has 1 amide bonds. The lowest BCUT2D eigenvalue weighted by atomic mass is 9.92. The second-order valence-electron chi connectivity index (χ2n) is 7.89. The summed E-state index contributed by atoms with van der Waals surface area (Å²) in [6.45, 7) is 4.63. The van der Waals surface area contributed by atoms with E-state index in [0.29, 0.717) is 30.4 Å². The molecule has 2 aliphatic heterocycles. The predicted octanol–water partition coefficient (Wildman–Crippen LogP) is 1.99. The van der Waals surface area contributed by atoms with Crippen LogP contribution in [-0.4, -0.2) is 55.8 Å². The molecule has 2 aliphatic rings. The molecule has 0 aromatic heterocycles. The molecule has 1 aromatic rings. The van der Waals surface area contributed by atoms with Crippen LogP contribution in [0.1, 0.15) is 44.6 Å². The maximum Gasteiger partial charge on any atom is 0.243 e. The first kappa shape index (κ1) is 20.3. The van der Waals surface area contributed by atoms with Crippen LogP contribution in [0, 0.1) is 5.92 Å². The number of benzene rings is 1. The van der Waals surface area contributed by atoms with Crippen LogP contribution in [0.25, 0.3) is 0 Å². The van der Waals surface area contributed by atoms with Crippen LogP contribution in [0.2, 0.25) is 0 Å². The van der Waals surface area contributed by atoms with E-state index >= 15 is 0 Å². The van der Waals surface area contributed by atoms with E-state index in [9.17, 15) is 13.2 Å². The van der Waals surface area contributed by atoms with E-state index in [1.807, 2.05) is 4.90 Å². The second kappa shape index (κ2) is 8.71. The Morgan fingerprint density at radius 1 is 1.11 bits per heavy atom. The van der Waals surface area contributed by atoms with Crippen molar-refractivity contribution in [1.29, 1.82) is 0 Å². The van der Waals surface area contributed by atoms with Crippen molar-refractivity contribution in [3.63, 3.8) is 0 Å². The van der Waals surface area contributed by atoms with Gasteiger partial charge in [0.25, 0.3) is 0 Å². The van der Waals surface area contributed by atoms with Crippen molar-refractivity contribution in [1.82, 2.24) is 9.21 Å². The van der Waals surface area contributed by atoms with Gasteiger partial charge in [-0.15, -0.1) is 0 Å². The third-order valence-corrected chi connectivity index (χ3v) is 7.71. The van der Waals surface area contributed by atoms with Gasteiger partial charge in [0.1, 0.15) is 0 Å². The van der Waals surface area contributed by atoms with Gasteiger partial charge >= 0.3 is 0 Å². The van der Waals surface area contributed by atoms with Gasteiger partial charge in [-0.05, 0) is 49.3 Å². The Hall–Kier alpha value is -1.44. The highest BCUT2D eigenvalue weighted by Crippen LogP contribution is 2.24. The molecule has 2 unspecified atom stereocenters. The zero-order valence-corrected chi connectivity index (χ0v) is 17.0. The number of carbonyl (C=O) groups is 1. The highest BCUT2D eigenvalue weighted by Gasteiger charge is 2.29. The molecule has 0 spiro atoms. The van der Waals surface area contributed by atoms with Crippen LogP contribution < -0.4 is 5.73 Å². The lowest BCUT2D eigenvalue weighted by Gasteiger charge is -2.38. The molecular formula is C20H31N3O3S. The summed E-state index contributed by atoms with van der Waals surface area (Å²) in [7, 11) is -3.43. The Bertz CT molecular complexity index is 742. The van der Waals surface area contributed by atoms with Gasteiger partial charge < -0.3 is 10.6 Å². The van der Waals surface area contributed by atoms with Gasteiger partial charge in [0, 0.05) is 32.2 Å². The van der Waals surface area contributed by atoms with E-state index in [-0.39, 0.29) is 18.4 Å². The van der Waals surface area contributed by atoms with E-state index in [2.05, 4.69) is 6.92 Å². The number of piperidine rings is 2. The third-order valence-electron chi connectivity index (χ3n) is 5.80. The number of nitrogens with two attached hydrogens (primary N) is 1. The lowest BCUT2D eigenvalue weighted by molar-refractivity contribution is -0.134. The van der Waals surface area contributed by atoms with Crippen molar-refractivity contribution < 1.29 is 13.2 Å². The number of carbonyl (C=O) groups excluding carboxylic acids is 1. The quantitative estimate of drug-likeness (QED) is 0.829. The van der Waals surface area contributed by atoms with Crippen molar-refractivity contribution in [2.24, 2.45) is 11.7 Å². The molecular weight excluding hydrogens is 362 g/mol. The zero-order valence-electron chi connectivity index (χ0n) is 16.1. The molecule has 2 fully saturated rings. The molecule has 0 aliphatic carbocycles. The van der Waals surface area contributed by atoms with Crippen molar-refractivity contribution >= 4 is 15.9 Å². The zero-order chi connectivity index (χ0) is 19.4. The number of nitrogens with zero attached hydrogens (tertiary/aromatic N) is 2. The molecule has 2 N–H and O–H groups in total. The van der Waals surface area contributed by atoms with Gasteiger partial charge in [0.05, 0.1) is 11.3 Å². The molecule has 0 radical (unpaired) electrons. The van der Waals surface area contributed by atoms with Crippen molar-refractivity contribution in [2.75, 3.05) is 26.2 Å². The Kier molecular flexibility index (Phi) is 6.55. The Morgan fingerprint density at radius 3 is 2.41 bits per heavy atom. The number of hydrogen-bond acceptors (Lipinski definition) is 4. The maximum absolute atomic E-state index is 12.7.